The number of aromatic nitrogens is 1. The van der Waals surface area contributed by atoms with E-state index >= 15 is 0 Å². The summed E-state index contributed by atoms with van der Waals surface area (Å²) >= 11 is 1.54. The fraction of sp³-hybridized carbons (Fsp3) is 0.389. The van der Waals surface area contributed by atoms with Gasteiger partial charge in [0, 0.05) is 37.0 Å². The molecule has 1 aliphatic rings. The molecule has 1 N–H and O–H groups in total. The van der Waals surface area contributed by atoms with E-state index in [4.69, 9.17) is 0 Å². The molecule has 0 saturated carbocycles. The average molecular weight is 343 g/mol. The fourth-order valence-corrected chi connectivity index (χ4v) is 3.59. The molecule has 0 aliphatic carbocycles. The Labute approximate surface area is 145 Å². The maximum absolute atomic E-state index is 12.0. The van der Waals surface area contributed by atoms with Crippen LogP contribution in [0.25, 0.3) is 10.6 Å². The smallest absolute Gasteiger partial charge is 0.226 e. The first-order valence-electron chi connectivity index (χ1n) is 8.26. The van der Waals surface area contributed by atoms with Gasteiger partial charge in [0.1, 0.15) is 5.01 Å². The molecule has 1 aromatic heterocycles. The first kappa shape index (κ1) is 16.6. The van der Waals surface area contributed by atoms with Gasteiger partial charge in [-0.1, -0.05) is 30.3 Å². The van der Waals surface area contributed by atoms with E-state index in [1.54, 1.807) is 0 Å². The van der Waals surface area contributed by atoms with Gasteiger partial charge in [-0.25, -0.2) is 4.98 Å². The van der Waals surface area contributed by atoms with E-state index in [-0.39, 0.29) is 18.2 Å². The van der Waals surface area contributed by atoms with E-state index in [0.717, 1.165) is 42.2 Å². The van der Waals surface area contributed by atoms with Crippen molar-refractivity contribution < 1.29 is 9.59 Å². The largest absolute Gasteiger partial charge is 0.355 e. The monoisotopic (exact) mass is 343 g/mol. The summed E-state index contributed by atoms with van der Waals surface area (Å²) < 4.78 is 0. The maximum Gasteiger partial charge on any atom is 0.226 e. The Morgan fingerprint density at radius 3 is 2.67 bits per heavy atom. The van der Waals surface area contributed by atoms with Crippen molar-refractivity contribution >= 4 is 23.2 Å². The Balaban J connectivity index is 1.43. The van der Waals surface area contributed by atoms with E-state index < -0.39 is 0 Å². The third-order valence-corrected chi connectivity index (χ3v) is 4.97. The van der Waals surface area contributed by atoms with Crippen LogP contribution < -0.4 is 5.32 Å². The lowest BCUT2D eigenvalue weighted by molar-refractivity contribution is -0.130. The van der Waals surface area contributed by atoms with Gasteiger partial charge >= 0.3 is 0 Å². The number of rotatable bonds is 6. The topological polar surface area (TPSA) is 62.3 Å². The number of amides is 2. The van der Waals surface area contributed by atoms with Crippen LogP contribution in [0.1, 0.15) is 25.0 Å². The van der Waals surface area contributed by atoms with Gasteiger partial charge in [-0.05, 0) is 12.8 Å². The summed E-state index contributed by atoms with van der Waals surface area (Å²) in [6.45, 7) is 2.10. The van der Waals surface area contributed by atoms with Crippen molar-refractivity contribution in [1.82, 2.24) is 15.2 Å². The summed E-state index contributed by atoms with van der Waals surface area (Å²) in [4.78, 5) is 30.3. The molecule has 0 radical (unpaired) electrons. The van der Waals surface area contributed by atoms with E-state index in [1.807, 2.05) is 40.6 Å². The lowest BCUT2D eigenvalue weighted by Crippen LogP contribution is -2.33. The van der Waals surface area contributed by atoms with Crippen molar-refractivity contribution in [2.75, 3.05) is 19.6 Å². The lowest BCUT2D eigenvalue weighted by atomic mass is 10.2. The molecule has 126 valence electrons. The minimum absolute atomic E-state index is 0.0888. The standard InChI is InChI=1S/C18H21N3O2S/c22-16(19-9-8-17(23)21-10-4-5-11-21)12-15-13-24-18(20-15)14-6-2-1-3-7-14/h1-3,6-7,13H,4-5,8-12H2,(H,19,22). The molecule has 1 aliphatic heterocycles. The minimum Gasteiger partial charge on any atom is -0.355 e. The summed E-state index contributed by atoms with van der Waals surface area (Å²) in [7, 11) is 0. The van der Waals surface area contributed by atoms with Crippen molar-refractivity contribution in [1.29, 1.82) is 0 Å². The number of thiazole rings is 1. The Hall–Kier alpha value is -2.21. The zero-order chi connectivity index (χ0) is 16.8. The average Bonchev–Trinajstić information content (AvgIpc) is 3.27. The highest BCUT2D eigenvalue weighted by Crippen LogP contribution is 2.23. The van der Waals surface area contributed by atoms with Gasteiger partial charge in [0.2, 0.25) is 11.8 Å². The molecule has 3 rings (SSSR count). The summed E-state index contributed by atoms with van der Waals surface area (Å²) in [6.07, 6.45) is 2.80. The van der Waals surface area contributed by atoms with Crippen LogP contribution in [0.5, 0.6) is 0 Å². The number of carbonyl (C=O) groups excluding carboxylic acids is 2. The highest BCUT2D eigenvalue weighted by molar-refractivity contribution is 7.13. The summed E-state index contributed by atoms with van der Waals surface area (Å²) in [5.41, 5.74) is 1.83. The van der Waals surface area contributed by atoms with E-state index in [2.05, 4.69) is 10.3 Å². The molecule has 2 aromatic rings. The van der Waals surface area contributed by atoms with Crippen LogP contribution in [0.15, 0.2) is 35.7 Å². The Bertz CT molecular complexity index is 693. The zero-order valence-corrected chi connectivity index (χ0v) is 14.3. The van der Waals surface area contributed by atoms with Crippen LogP contribution in [0.4, 0.5) is 0 Å². The quantitative estimate of drug-likeness (QED) is 0.876. The molecule has 0 atom stereocenters. The molecule has 0 spiro atoms. The molecule has 0 bridgehead atoms. The van der Waals surface area contributed by atoms with Crippen LogP contribution in [-0.4, -0.2) is 41.3 Å². The van der Waals surface area contributed by atoms with Crippen LogP contribution >= 0.6 is 11.3 Å². The number of likely N-dealkylation sites (tertiary alicyclic amines) is 1. The molecule has 5 nitrogen and oxygen atoms in total. The Kier molecular flexibility index (Phi) is 5.59. The number of nitrogens with one attached hydrogen (secondary N) is 1. The normalized spacial score (nSPS) is 13.9. The molecule has 24 heavy (non-hydrogen) atoms. The SMILES string of the molecule is O=C(Cc1csc(-c2ccccc2)n1)NCCC(=O)N1CCCC1. The van der Waals surface area contributed by atoms with Crippen molar-refractivity contribution in [3.8, 4) is 10.6 Å². The Morgan fingerprint density at radius 1 is 1.17 bits per heavy atom. The van der Waals surface area contributed by atoms with Crippen LogP contribution in [-0.2, 0) is 16.0 Å². The number of benzene rings is 1. The molecule has 6 heteroatoms. The van der Waals surface area contributed by atoms with E-state index in [1.165, 1.54) is 11.3 Å². The molecule has 1 aromatic carbocycles. The van der Waals surface area contributed by atoms with E-state index in [0.29, 0.717) is 13.0 Å². The van der Waals surface area contributed by atoms with Crippen molar-refractivity contribution in [2.45, 2.75) is 25.7 Å². The van der Waals surface area contributed by atoms with E-state index in [9.17, 15) is 9.59 Å². The van der Waals surface area contributed by atoms with Gasteiger partial charge in [-0.15, -0.1) is 11.3 Å². The zero-order valence-electron chi connectivity index (χ0n) is 13.5. The number of hydrogen-bond donors (Lipinski definition) is 1. The highest BCUT2D eigenvalue weighted by Gasteiger charge is 2.17. The molecule has 0 unspecified atom stereocenters. The van der Waals surface area contributed by atoms with Crippen molar-refractivity contribution in [3.63, 3.8) is 0 Å². The second kappa shape index (κ2) is 8.06. The first-order valence-corrected chi connectivity index (χ1v) is 9.14. The predicted molar refractivity (Wildman–Crippen MR) is 94.7 cm³/mol. The van der Waals surface area contributed by atoms with Gasteiger partial charge in [-0.2, -0.15) is 0 Å². The minimum atomic E-state index is -0.0888. The maximum atomic E-state index is 12.0. The predicted octanol–water partition coefficient (Wildman–Crippen LogP) is 2.48. The fourth-order valence-electron chi connectivity index (χ4n) is 2.76. The molecular weight excluding hydrogens is 322 g/mol. The van der Waals surface area contributed by atoms with Crippen LogP contribution in [0.3, 0.4) is 0 Å². The molecule has 2 amide bonds. The van der Waals surface area contributed by atoms with Crippen LogP contribution in [0, 0.1) is 0 Å². The second-order valence-corrected chi connectivity index (χ2v) is 6.73. The van der Waals surface area contributed by atoms with Gasteiger partial charge in [0.15, 0.2) is 0 Å². The molecule has 1 saturated heterocycles. The number of carbonyl (C=O) groups is 2. The van der Waals surface area contributed by atoms with Gasteiger partial charge in [0.05, 0.1) is 12.1 Å². The number of nitrogens with zero attached hydrogens (tertiary/aromatic N) is 2. The molecule has 1 fully saturated rings. The third kappa shape index (κ3) is 4.41. The van der Waals surface area contributed by atoms with Gasteiger partial charge in [0.25, 0.3) is 0 Å². The lowest BCUT2D eigenvalue weighted by Gasteiger charge is -2.15. The number of hydrogen-bond acceptors (Lipinski definition) is 4. The molecule has 2 heterocycles. The van der Waals surface area contributed by atoms with Crippen molar-refractivity contribution in [3.05, 3.63) is 41.4 Å². The Morgan fingerprint density at radius 2 is 1.92 bits per heavy atom. The van der Waals surface area contributed by atoms with Gasteiger partial charge in [-0.3, -0.25) is 9.59 Å². The summed E-state index contributed by atoms with van der Waals surface area (Å²) in [6, 6.07) is 9.93. The van der Waals surface area contributed by atoms with Crippen molar-refractivity contribution in [2.24, 2.45) is 0 Å². The third-order valence-electron chi connectivity index (χ3n) is 4.03. The first-order chi connectivity index (χ1) is 11.7. The summed E-state index contributed by atoms with van der Waals surface area (Å²) in [5.74, 6) is 0.0435. The van der Waals surface area contributed by atoms with Gasteiger partial charge < -0.3 is 10.2 Å². The summed E-state index contributed by atoms with van der Waals surface area (Å²) in [5, 5.41) is 5.65. The molecular formula is C18H21N3O2S. The van der Waals surface area contributed by atoms with Crippen LogP contribution in [0.2, 0.25) is 0 Å². The second-order valence-electron chi connectivity index (χ2n) is 5.87. The highest BCUT2D eigenvalue weighted by atomic mass is 32.1.